The Morgan fingerprint density at radius 1 is 1.09 bits per heavy atom. The van der Waals surface area contributed by atoms with E-state index in [-0.39, 0.29) is 26.9 Å². The fourth-order valence-corrected chi connectivity index (χ4v) is 7.77. The molecule has 1 saturated carbocycles. The summed E-state index contributed by atoms with van der Waals surface area (Å²) in [6.07, 6.45) is -0.787. The average molecular weight is 546 g/mol. The van der Waals surface area contributed by atoms with E-state index in [0.717, 1.165) is 16.6 Å². The number of ether oxygens (including phenoxy) is 1. The molecule has 1 fully saturated rings. The van der Waals surface area contributed by atoms with Crippen LogP contribution in [0, 0.1) is 0 Å². The largest absolute Gasteiger partial charge is 0.484 e. The number of nitrogens with one attached hydrogen (secondary N) is 1. The third-order valence-electron chi connectivity index (χ3n) is 5.66. The number of hydrogen-bond donors (Lipinski definition) is 3. The van der Waals surface area contributed by atoms with E-state index < -0.39 is 59.1 Å². The average Bonchev–Trinajstić information content (AvgIpc) is 3.63. The van der Waals surface area contributed by atoms with E-state index in [9.17, 15) is 30.0 Å². The summed E-state index contributed by atoms with van der Waals surface area (Å²) in [6, 6.07) is 8.57. The molecule has 0 bridgehead atoms. The van der Waals surface area contributed by atoms with Gasteiger partial charge in [-0.05, 0) is 49.2 Å². The minimum atomic E-state index is -4.46. The van der Waals surface area contributed by atoms with Crippen molar-refractivity contribution in [3.05, 3.63) is 42.5 Å². The fourth-order valence-electron chi connectivity index (χ4n) is 3.70. The van der Waals surface area contributed by atoms with Crippen LogP contribution in [0.25, 0.3) is 0 Å². The maximum atomic E-state index is 13.7. The van der Waals surface area contributed by atoms with E-state index >= 15 is 0 Å². The summed E-state index contributed by atoms with van der Waals surface area (Å²) in [7, 11) is -12.0. The maximum absolute atomic E-state index is 13.7. The Balaban J connectivity index is 1.82. The van der Waals surface area contributed by atoms with Crippen LogP contribution in [0.3, 0.4) is 0 Å². The smallest absolute Gasteiger partial charge is 0.409 e. The number of nitrogens with two attached hydrogens (primary N) is 1. The van der Waals surface area contributed by atoms with Crippen molar-refractivity contribution in [3.63, 3.8) is 0 Å². The highest BCUT2D eigenvalue weighted by Crippen LogP contribution is 2.41. The first-order chi connectivity index (χ1) is 16.2. The molecule has 2 aromatic rings. The summed E-state index contributed by atoms with van der Waals surface area (Å²) < 4.78 is 83.4. The number of nitrogens with zero attached hydrogens (tertiary/aromatic N) is 1. The molecule has 0 aromatic heterocycles. The highest BCUT2D eigenvalue weighted by molar-refractivity contribution is 7.93. The van der Waals surface area contributed by atoms with Gasteiger partial charge in [0.1, 0.15) is 17.2 Å². The molecule has 35 heavy (non-hydrogen) atoms. The molecule has 0 saturated heterocycles. The van der Waals surface area contributed by atoms with Crippen molar-refractivity contribution in [1.29, 1.82) is 0 Å². The second-order valence-electron chi connectivity index (χ2n) is 8.31. The van der Waals surface area contributed by atoms with Crippen molar-refractivity contribution in [1.82, 2.24) is 0 Å². The summed E-state index contributed by atoms with van der Waals surface area (Å²) in [5, 5.41) is 9.02. The predicted octanol–water partition coefficient (Wildman–Crippen LogP) is 0.998. The number of amides is 1. The van der Waals surface area contributed by atoms with Gasteiger partial charge < -0.3 is 15.6 Å². The van der Waals surface area contributed by atoms with Gasteiger partial charge in [0.15, 0.2) is 19.7 Å². The molecule has 1 aliphatic heterocycles. The van der Waals surface area contributed by atoms with Crippen LogP contribution in [0.2, 0.25) is 0 Å². The summed E-state index contributed by atoms with van der Waals surface area (Å²) in [5.74, 6) is -0.0264. The van der Waals surface area contributed by atoms with E-state index in [2.05, 4.69) is 5.32 Å². The van der Waals surface area contributed by atoms with Crippen molar-refractivity contribution in [3.8, 4) is 5.75 Å². The number of benzene rings is 2. The van der Waals surface area contributed by atoms with Gasteiger partial charge in [0.05, 0.1) is 27.3 Å². The Labute approximate surface area is 202 Å². The number of rotatable bonds is 7. The van der Waals surface area contributed by atoms with Crippen molar-refractivity contribution in [2.75, 3.05) is 22.4 Å². The monoisotopic (exact) mass is 545 g/mol. The first-order valence-electron chi connectivity index (χ1n) is 10.3. The van der Waals surface area contributed by atoms with Gasteiger partial charge in [0, 0.05) is 11.9 Å². The second kappa shape index (κ2) is 8.65. The van der Waals surface area contributed by atoms with Gasteiger partial charge in [0.2, 0.25) is 0 Å². The van der Waals surface area contributed by atoms with Gasteiger partial charge in [-0.25, -0.2) is 30.0 Å². The molecule has 0 radical (unpaired) electrons. The van der Waals surface area contributed by atoms with E-state index in [1.54, 1.807) is 0 Å². The van der Waals surface area contributed by atoms with E-state index in [1.807, 2.05) is 0 Å². The Kier molecular flexibility index (Phi) is 6.24. The first-order valence-corrected chi connectivity index (χ1v) is 15.3. The van der Waals surface area contributed by atoms with Crippen LogP contribution in [0.1, 0.15) is 12.8 Å². The maximum Gasteiger partial charge on any atom is 0.409 e. The van der Waals surface area contributed by atoms with Gasteiger partial charge >= 0.3 is 6.09 Å². The lowest BCUT2D eigenvalue weighted by Gasteiger charge is -2.37. The molecule has 2 aromatic carbocycles. The second-order valence-corrected chi connectivity index (χ2v) is 14.6. The molecule has 1 amide bonds. The van der Waals surface area contributed by atoms with Crippen LogP contribution >= 0.6 is 0 Å². The molecule has 0 spiro atoms. The van der Waals surface area contributed by atoms with Gasteiger partial charge in [-0.3, -0.25) is 9.62 Å². The molecule has 12 nitrogen and oxygen atoms in total. The molecule has 2 unspecified atom stereocenters. The van der Waals surface area contributed by atoms with E-state index in [1.165, 1.54) is 36.4 Å². The molecule has 4 rings (SSSR count). The lowest BCUT2D eigenvalue weighted by molar-refractivity contribution is 0.194. The number of carboxylic acid groups (broad SMARTS) is 1. The molecule has 2 atom stereocenters. The number of hydrogen-bond acceptors (Lipinski definition) is 9. The molecule has 4 N–H and O–H groups in total. The number of sulfonamides is 1. The van der Waals surface area contributed by atoms with Crippen molar-refractivity contribution in [2.24, 2.45) is 5.73 Å². The van der Waals surface area contributed by atoms with Gasteiger partial charge in [-0.15, -0.1) is 0 Å². The predicted molar refractivity (Wildman–Crippen MR) is 127 cm³/mol. The van der Waals surface area contributed by atoms with Crippen LogP contribution < -0.4 is 20.1 Å². The molecular weight excluding hydrogens is 522 g/mol. The highest BCUT2D eigenvalue weighted by Gasteiger charge is 2.47. The Hall–Kier alpha value is -2.88. The summed E-state index contributed by atoms with van der Waals surface area (Å²) in [4.78, 5) is 10.5. The van der Waals surface area contributed by atoms with Crippen LogP contribution in [-0.4, -0.2) is 66.0 Å². The molecule has 2 aliphatic rings. The molecular formula is C20H23N3O9S3. The lowest BCUT2D eigenvalue weighted by atomic mass is 10.2. The normalized spacial score (nSPS) is 19.4. The lowest BCUT2D eigenvalue weighted by Crippen LogP contribution is -2.55. The van der Waals surface area contributed by atoms with Crippen LogP contribution in [0.15, 0.2) is 52.3 Å². The van der Waals surface area contributed by atoms with Crippen LogP contribution in [0.4, 0.5) is 16.2 Å². The number of carbonyl (C=O) groups is 1. The van der Waals surface area contributed by atoms with Crippen molar-refractivity contribution in [2.45, 2.75) is 39.4 Å². The fraction of sp³-hybridized carbons (Fsp3) is 0.350. The summed E-state index contributed by atoms with van der Waals surface area (Å²) in [5.41, 5.74) is 6.02. The molecule has 15 heteroatoms. The van der Waals surface area contributed by atoms with E-state index in [0.29, 0.717) is 12.8 Å². The summed E-state index contributed by atoms with van der Waals surface area (Å²) in [6.45, 7) is -0.498. The SMILES string of the molecule is CS(=O)(=O)c1cccc(S(=O)(=O)N2CC(C(N)S(=O)(=O)C3CC3)Oc3ccc(NC(=O)O)cc32)c1. The van der Waals surface area contributed by atoms with Crippen molar-refractivity contribution >= 4 is 47.2 Å². The van der Waals surface area contributed by atoms with E-state index in [4.69, 9.17) is 15.6 Å². The van der Waals surface area contributed by atoms with Gasteiger partial charge in [-0.2, -0.15) is 0 Å². The van der Waals surface area contributed by atoms with Crippen LogP contribution in [0.5, 0.6) is 5.75 Å². The molecule has 1 aliphatic carbocycles. The molecule has 190 valence electrons. The quantitative estimate of drug-likeness (QED) is 0.452. The zero-order valence-electron chi connectivity index (χ0n) is 18.4. The number of anilines is 2. The van der Waals surface area contributed by atoms with Crippen molar-refractivity contribution < 1.29 is 39.9 Å². The van der Waals surface area contributed by atoms with Crippen LogP contribution in [-0.2, 0) is 29.7 Å². The zero-order chi connectivity index (χ0) is 25.8. The minimum Gasteiger partial charge on any atom is -0.484 e. The first kappa shape index (κ1) is 25.2. The standard InChI is InChI=1S/C20H23N3O9S3/c1-33(26,27)14-3-2-4-15(10-14)35(30,31)23-11-18(19(21)34(28,29)13-6-7-13)32-17-8-5-12(9-16(17)23)22-20(24)25/h2-5,8-10,13,18-19,22H,6-7,11,21H2,1H3,(H,24,25). The molecule has 1 heterocycles. The Morgan fingerprint density at radius 2 is 1.74 bits per heavy atom. The Morgan fingerprint density at radius 3 is 2.34 bits per heavy atom. The third-order valence-corrected chi connectivity index (χ3v) is 11.0. The van der Waals surface area contributed by atoms with Gasteiger partial charge in [0.25, 0.3) is 10.0 Å². The summed E-state index contributed by atoms with van der Waals surface area (Å²) >= 11 is 0. The van der Waals surface area contributed by atoms with Gasteiger partial charge in [-0.1, -0.05) is 6.07 Å². The zero-order valence-corrected chi connectivity index (χ0v) is 20.8. The Bertz CT molecular complexity index is 1500. The third kappa shape index (κ3) is 4.94. The number of sulfone groups is 2. The number of fused-ring (bicyclic) bond motifs is 1. The topological polar surface area (TPSA) is 190 Å². The highest BCUT2D eigenvalue weighted by atomic mass is 32.2. The minimum absolute atomic E-state index is 0.0264.